The average Bonchev–Trinajstić information content (AvgIpc) is 2.90. The molecule has 128 valence electrons. The van der Waals surface area contributed by atoms with Crippen LogP contribution in [-0.4, -0.2) is 41.9 Å². The molecule has 0 aromatic heterocycles. The molecule has 6 nitrogen and oxygen atoms in total. The Morgan fingerprint density at radius 2 is 1.48 bits per heavy atom. The number of amides is 2. The molecule has 1 aliphatic rings. The number of hydrogen-bond acceptors (Lipinski definition) is 5. The zero-order valence-electron chi connectivity index (χ0n) is 13.7. The van der Waals surface area contributed by atoms with Gasteiger partial charge in [0.25, 0.3) is 11.8 Å². The van der Waals surface area contributed by atoms with Crippen LogP contribution < -0.4 is 4.74 Å². The van der Waals surface area contributed by atoms with E-state index in [1.807, 2.05) is 18.2 Å². The molecule has 0 aliphatic carbocycles. The van der Waals surface area contributed by atoms with Crippen molar-refractivity contribution in [1.29, 1.82) is 0 Å². The van der Waals surface area contributed by atoms with Crippen LogP contribution in [0.2, 0.25) is 0 Å². The molecule has 0 radical (unpaired) electrons. The number of para-hydroxylation sites is 1. The van der Waals surface area contributed by atoms with Crippen LogP contribution in [-0.2, 0) is 9.53 Å². The third-order valence-electron chi connectivity index (χ3n) is 3.89. The average molecular weight is 339 g/mol. The van der Waals surface area contributed by atoms with Gasteiger partial charge in [-0.3, -0.25) is 14.5 Å². The van der Waals surface area contributed by atoms with E-state index in [9.17, 15) is 14.4 Å². The molecule has 6 heteroatoms. The number of carbonyl (C=O) groups excluding carboxylic acids is 3. The van der Waals surface area contributed by atoms with E-state index in [2.05, 4.69) is 0 Å². The van der Waals surface area contributed by atoms with E-state index in [1.54, 1.807) is 36.4 Å². The summed E-state index contributed by atoms with van der Waals surface area (Å²) in [4.78, 5) is 37.8. The summed E-state index contributed by atoms with van der Waals surface area (Å²) < 4.78 is 10.6. The molecule has 0 bridgehead atoms. The molecule has 25 heavy (non-hydrogen) atoms. The molecule has 2 aromatic rings. The Kier molecular flexibility index (Phi) is 4.79. The minimum Gasteiger partial charge on any atom is -0.490 e. The van der Waals surface area contributed by atoms with Crippen LogP contribution >= 0.6 is 0 Å². The van der Waals surface area contributed by atoms with E-state index in [0.717, 1.165) is 4.90 Å². The van der Waals surface area contributed by atoms with Crippen LogP contribution in [0.15, 0.2) is 54.6 Å². The first-order chi connectivity index (χ1) is 12.1. The Bertz CT molecular complexity index is 767. The van der Waals surface area contributed by atoms with Gasteiger partial charge in [-0.25, -0.2) is 4.79 Å². The topological polar surface area (TPSA) is 72.9 Å². The van der Waals surface area contributed by atoms with Crippen LogP contribution in [0.25, 0.3) is 0 Å². The summed E-state index contributed by atoms with van der Waals surface area (Å²) in [7, 11) is 0. The Morgan fingerprint density at radius 3 is 2.08 bits per heavy atom. The molecule has 1 aliphatic heterocycles. The summed E-state index contributed by atoms with van der Waals surface area (Å²) in [5.41, 5.74) is 0.610. The van der Waals surface area contributed by atoms with Gasteiger partial charge in [-0.15, -0.1) is 0 Å². The van der Waals surface area contributed by atoms with E-state index in [1.165, 1.54) is 6.92 Å². The lowest BCUT2D eigenvalue weighted by Crippen LogP contribution is -2.44. The minimum atomic E-state index is -0.996. The van der Waals surface area contributed by atoms with Gasteiger partial charge < -0.3 is 9.47 Å². The summed E-state index contributed by atoms with van der Waals surface area (Å²) in [5.74, 6) is -0.936. The van der Waals surface area contributed by atoms with Gasteiger partial charge in [-0.05, 0) is 31.2 Å². The first-order valence-corrected chi connectivity index (χ1v) is 7.91. The summed E-state index contributed by atoms with van der Waals surface area (Å²) >= 11 is 0. The maximum atomic E-state index is 12.3. The first-order valence-electron chi connectivity index (χ1n) is 7.91. The third-order valence-corrected chi connectivity index (χ3v) is 3.89. The van der Waals surface area contributed by atoms with Crippen molar-refractivity contribution in [1.82, 2.24) is 4.90 Å². The number of benzene rings is 2. The molecule has 0 unspecified atom stereocenters. The Labute approximate surface area is 145 Å². The fourth-order valence-corrected chi connectivity index (χ4v) is 2.60. The van der Waals surface area contributed by atoms with Gasteiger partial charge in [-0.1, -0.05) is 30.3 Å². The second-order valence-corrected chi connectivity index (χ2v) is 5.53. The SMILES string of the molecule is C[C@@H](C(=O)OCCOc1ccccc1)N1C(=O)c2ccccc2C1=O. The van der Waals surface area contributed by atoms with Crippen LogP contribution in [0.3, 0.4) is 0 Å². The maximum absolute atomic E-state index is 12.3. The molecule has 0 saturated heterocycles. The van der Waals surface area contributed by atoms with Crippen molar-refractivity contribution in [3.8, 4) is 5.75 Å². The van der Waals surface area contributed by atoms with Crippen molar-refractivity contribution in [2.45, 2.75) is 13.0 Å². The lowest BCUT2D eigenvalue weighted by Gasteiger charge is -2.20. The highest BCUT2D eigenvalue weighted by Crippen LogP contribution is 2.24. The molecule has 0 spiro atoms. The van der Waals surface area contributed by atoms with Crippen molar-refractivity contribution >= 4 is 17.8 Å². The van der Waals surface area contributed by atoms with Crippen LogP contribution in [0, 0.1) is 0 Å². The van der Waals surface area contributed by atoms with E-state index in [-0.39, 0.29) is 13.2 Å². The van der Waals surface area contributed by atoms with Gasteiger partial charge in [-0.2, -0.15) is 0 Å². The summed E-state index contributed by atoms with van der Waals surface area (Å²) in [6, 6.07) is 14.6. The van der Waals surface area contributed by atoms with E-state index < -0.39 is 23.8 Å². The van der Waals surface area contributed by atoms with Crippen molar-refractivity contribution in [3.63, 3.8) is 0 Å². The molecule has 0 saturated carbocycles. The molecule has 3 rings (SSSR count). The largest absolute Gasteiger partial charge is 0.490 e. The molecule has 2 amide bonds. The molecule has 0 fully saturated rings. The molecule has 1 heterocycles. The lowest BCUT2D eigenvalue weighted by atomic mass is 10.1. The Hall–Kier alpha value is -3.15. The quantitative estimate of drug-likeness (QED) is 0.459. The maximum Gasteiger partial charge on any atom is 0.329 e. The number of hydrogen-bond donors (Lipinski definition) is 0. The number of esters is 1. The monoisotopic (exact) mass is 339 g/mol. The predicted molar refractivity (Wildman–Crippen MR) is 89.3 cm³/mol. The smallest absolute Gasteiger partial charge is 0.329 e. The number of fused-ring (bicyclic) bond motifs is 1. The Morgan fingerprint density at radius 1 is 0.920 bits per heavy atom. The number of rotatable bonds is 6. The molecular weight excluding hydrogens is 322 g/mol. The van der Waals surface area contributed by atoms with Gasteiger partial charge in [0.05, 0.1) is 11.1 Å². The summed E-state index contributed by atoms with van der Waals surface area (Å²) in [5, 5.41) is 0. The minimum absolute atomic E-state index is 0.0290. The second-order valence-electron chi connectivity index (χ2n) is 5.53. The summed E-state index contributed by atoms with van der Waals surface area (Å²) in [6.45, 7) is 1.69. The summed E-state index contributed by atoms with van der Waals surface area (Å²) in [6.07, 6.45) is 0. The molecule has 0 N–H and O–H groups in total. The van der Waals surface area contributed by atoms with E-state index in [4.69, 9.17) is 9.47 Å². The number of nitrogens with zero attached hydrogens (tertiary/aromatic N) is 1. The van der Waals surface area contributed by atoms with Gasteiger partial charge in [0.15, 0.2) is 0 Å². The molecule has 1 atom stereocenters. The van der Waals surface area contributed by atoms with Crippen molar-refractivity contribution in [3.05, 3.63) is 65.7 Å². The van der Waals surface area contributed by atoms with E-state index in [0.29, 0.717) is 16.9 Å². The highest BCUT2D eigenvalue weighted by Gasteiger charge is 2.41. The van der Waals surface area contributed by atoms with Crippen molar-refractivity contribution < 1.29 is 23.9 Å². The Balaban J connectivity index is 1.54. The van der Waals surface area contributed by atoms with Gasteiger partial charge >= 0.3 is 5.97 Å². The zero-order chi connectivity index (χ0) is 17.8. The van der Waals surface area contributed by atoms with Crippen molar-refractivity contribution in [2.75, 3.05) is 13.2 Å². The first kappa shape index (κ1) is 16.7. The van der Waals surface area contributed by atoms with E-state index >= 15 is 0 Å². The van der Waals surface area contributed by atoms with Crippen LogP contribution in [0.4, 0.5) is 0 Å². The fraction of sp³-hybridized carbons (Fsp3) is 0.211. The lowest BCUT2D eigenvalue weighted by molar-refractivity contribution is -0.148. The fourth-order valence-electron chi connectivity index (χ4n) is 2.60. The number of carbonyl (C=O) groups is 3. The van der Waals surface area contributed by atoms with Gasteiger partial charge in [0, 0.05) is 0 Å². The number of ether oxygens (including phenoxy) is 2. The third kappa shape index (κ3) is 3.38. The zero-order valence-corrected chi connectivity index (χ0v) is 13.7. The number of imide groups is 1. The van der Waals surface area contributed by atoms with Crippen LogP contribution in [0.1, 0.15) is 27.6 Å². The normalized spacial score (nSPS) is 14.2. The molecule has 2 aromatic carbocycles. The standard InChI is InChI=1S/C19H17NO5/c1-13(19(23)25-12-11-24-14-7-3-2-4-8-14)20-17(21)15-9-5-6-10-16(15)18(20)22/h2-10,13H,11-12H2,1H3/t13-/m0/s1. The highest BCUT2D eigenvalue weighted by atomic mass is 16.6. The second kappa shape index (κ2) is 7.17. The van der Waals surface area contributed by atoms with Crippen molar-refractivity contribution in [2.24, 2.45) is 0 Å². The van der Waals surface area contributed by atoms with Gasteiger partial charge in [0.1, 0.15) is 25.0 Å². The molecular formula is C19H17NO5. The van der Waals surface area contributed by atoms with Crippen LogP contribution in [0.5, 0.6) is 5.75 Å². The predicted octanol–water partition coefficient (Wildman–Crippen LogP) is 2.29. The highest BCUT2D eigenvalue weighted by molar-refractivity contribution is 6.22. The van der Waals surface area contributed by atoms with Gasteiger partial charge in [0.2, 0.25) is 0 Å².